The Bertz CT molecular complexity index is 311. The molecule has 0 aliphatic carbocycles. The van der Waals surface area contributed by atoms with Gasteiger partial charge in [0.25, 0.3) is 0 Å². The summed E-state index contributed by atoms with van der Waals surface area (Å²) in [6, 6.07) is 0. The number of hydrogen-bond donors (Lipinski definition) is 1. The van der Waals surface area contributed by atoms with Crippen molar-refractivity contribution >= 4 is 5.97 Å². The molecule has 1 fully saturated rings. The van der Waals surface area contributed by atoms with Gasteiger partial charge in [-0.25, -0.2) is 4.79 Å². The lowest BCUT2D eigenvalue weighted by atomic mass is 9.99. The van der Waals surface area contributed by atoms with E-state index in [0.717, 1.165) is 26.2 Å². The molecule has 0 saturated carbocycles. The van der Waals surface area contributed by atoms with Gasteiger partial charge in [0.2, 0.25) is 0 Å². The number of hydrogen-bond acceptors (Lipinski definition) is 3. The highest BCUT2D eigenvalue weighted by Crippen LogP contribution is 2.18. The highest BCUT2D eigenvalue weighted by atomic mass is 16.4. The summed E-state index contributed by atoms with van der Waals surface area (Å²) in [6.07, 6.45) is 2.44. The van der Waals surface area contributed by atoms with Crippen molar-refractivity contribution in [1.29, 1.82) is 0 Å². The third-order valence-electron chi connectivity index (χ3n) is 3.65. The first kappa shape index (κ1) is 14.2. The van der Waals surface area contributed by atoms with Crippen LogP contribution in [-0.2, 0) is 4.79 Å². The van der Waals surface area contributed by atoms with Crippen molar-refractivity contribution in [3.05, 3.63) is 11.6 Å². The van der Waals surface area contributed by atoms with Crippen molar-refractivity contribution in [2.24, 2.45) is 0 Å². The fourth-order valence-corrected chi connectivity index (χ4v) is 2.12. The molecule has 0 amide bonds. The first-order valence-corrected chi connectivity index (χ1v) is 6.22. The molecule has 1 rings (SSSR count). The Kier molecular flexibility index (Phi) is 4.71. The van der Waals surface area contributed by atoms with Crippen molar-refractivity contribution in [3.8, 4) is 0 Å². The molecule has 98 valence electrons. The SMILES string of the molecule is CCC(=CCN1CCN(C)C(C)(C)C1)C(=O)O. The number of carboxylic acids is 1. The first-order chi connectivity index (χ1) is 7.86. The topological polar surface area (TPSA) is 43.8 Å². The maximum absolute atomic E-state index is 10.9. The van der Waals surface area contributed by atoms with Gasteiger partial charge in [0.15, 0.2) is 0 Å². The van der Waals surface area contributed by atoms with Crippen LogP contribution in [0.1, 0.15) is 27.2 Å². The Morgan fingerprint density at radius 1 is 1.41 bits per heavy atom. The Balaban J connectivity index is 2.56. The Morgan fingerprint density at radius 2 is 2.06 bits per heavy atom. The third kappa shape index (κ3) is 3.82. The van der Waals surface area contributed by atoms with Crippen LogP contribution in [0.15, 0.2) is 11.6 Å². The zero-order valence-corrected chi connectivity index (χ0v) is 11.4. The average Bonchev–Trinajstić information content (AvgIpc) is 2.23. The first-order valence-electron chi connectivity index (χ1n) is 6.22. The minimum absolute atomic E-state index is 0.168. The van der Waals surface area contributed by atoms with E-state index in [2.05, 4.69) is 30.7 Å². The molecule has 0 radical (unpaired) electrons. The van der Waals surface area contributed by atoms with E-state index in [0.29, 0.717) is 12.0 Å². The van der Waals surface area contributed by atoms with E-state index < -0.39 is 5.97 Å². The van der Waals surface area contributed by atoms with Gasteiger partial charge in [-0.15, -0.1) is 0 Å². The van der Waals surface area contributed by atoms with Gasteiger partial charge in [-0.05, 0) is 27.3 Å². The molecule has 1 heterocycles. The minimum Gasteiger partial charge on any atom is -0.478 e. The second kappa shape index (κ2) is 5.65. The van der Waals surface area contributed by atoms with Crippen molar-refractivity contribution in [1.82, 2.24) is 9.80 Å². The predicted octanol–water partition coefficient (Wildman–Crippen LogP) is 1.43. The van der Waals surface area contributed by atoms with Crippen LogP contribution < -0.4 is 0 Å². The second-order valence-corrected chi connectivity index (χ2v) is 5.36. The monoisotopic (exact) mass is 240 g/mol. The molecular weight excluding hydrogens is 216 g/mol. The summed E-state index contributed by atoms with van der Waals surface area (Å²) >= 11 is 0. The van der Waals surface area contributed by atoms with E-state index in [-0.39, 0.29) is 5.54 Å². The summed E-state index contributed by atoms with van der Waals surface area (Å²) in [5.74, 6) is -0.791. The lowest BCUT2D eigenvalue weighted by molar-refractivity contribution is -0.132. The molecular formula is C13H24N2O2. The summed E-state index contributed by atoms with van der Waals surface area (Å²) in [6.45, 7) is 10.1. The molecule has 1 aliphatic rings. The van der Waals surface area contributed by atoms with Crippen LogP contribution in [0, 0.1) is 0 Å². The molecule has 1 aliphatic heterocycles. The van der Waals surface area contributed by atoms with Gasteiger partial charge >= 0.3 is 5.97 Å². The van der Waals surface area contributed by atoms with E-state index in [1.165, 1.54) is 0 Å². The molecule has 4 nitrogen and oxygen atoms in total. The van der Waals surface area contributed by atoms with E-state index in [4.69, 9.17) is 5.11 Å². The lowest BCUT2D eigenvalue weighted by Gasteiger charge is -2.45. The van der Waals surface area contributed by atoms with Crippen LogP contribution in [0.5, 0.6) is 0 Å². The van der Waals surface area contributed by atoms with Crippen LogP contribution in [0.25, 0.3) is 0 Å². The van der Waals surface area contributed by atoms with Gasteiger partial charge < -0.3 is 5.11 Å². The number of aliphatic carboxylic acids is 1. The van der Waals surface area contributed by atoms with Gasteiger partial charge in [0, 0.05) is 37.3 Å². The standard InChI is InChI=1S/C13H24N2O2/c1-5-11(12(16)17)6-7-15-9-8-14(4)13(2,3)10-15/h6H,5,7-10H2,1-4H3,(H,16,17). The molecule has 0 aromatic heterocycles. The van der Waals surface area contributed by atoms with E-state index in [9.17, 15) is 4.79 Å². The quantitative estimate of drug-likeness (QED) is 0.755. The maximum Gasteiger partial charge on any atom is 0.331 e. The van der Waals surface area contributed by atoms with Crippen LogP contribution in [0.3, 0.4) is 0 Å². The Hall–Kier alpha value is -0.870. The minimum atomic E-state index is -0.791. The summed E-state index contributed by atoms with van der Waals surface area (Å²) in [5, 5.41) is 8.95. The number of carboxylic acid groups (broad SMARTS) is 1. The number of nitrogens with zero attached hydrogens (tertiary/aromatic N) is 2. The average molecular weight is 240 g/mol. The summed E-state index contributed by atoms with van der Waals surface area (Å²) in [5.41, 5.74) is 0.684. The third-order valence-corrected chi connectivity index (χ3v) is 3.65. The predicted molar refractivity (Wildman–Crippen MR) is 69.2 cm³/mol. The fourth-order valence-electron chi connectivity index (χ4n) is 2.12. The number of carbonyl (C=O) groups is 1. The van der Waals surface area contributed by atoms with Gasteiger partial charge in [-0.2, -0.15) is 0 Å². The summed E-state index contributed by atoms with van der Waals surface area (Å²) in [7, 11) is 2.14. The molecule has 1 N–H and O–H groups in total. The highest BCUT2D eigenvalue weighted by Gasteiger charge is 2.30. The van der Waals surface area contributed by atoms with Crippen molar-refractivity contribution < 1.29 is 9.90 Å². The normalized spacial score (nSPS) is 22.7. The van der Waals surface area contributed by atoms with E-state index in [1.54, 1.807) is 0 Å². The van der Waals surface area contributed by atoms with Crippen molar-refractivity contribution in [2.45, 2.75) is 32.7 Å². The van der Waals surface area contributed by atoms with Gasteiger partial charge in [-0.3, -0.25) is 9.80 Å². The molecule has 0 bridgehead atoms. The van der Waals surface area contributed by atoms with Crippen LogP contribution in [-0.4, -0.2) is 59.6 Å². The zero-order valence-electron chi connectivity index (χ0n) is 11.4. The van der Waals surface area contributed by atoms with Gasteiger partial charge in [0.1, 0.15) is 0 Å². The number of piperazine rings is 1. The largest absolute Gasteiger partial charge is 0.478 e. The fraction of sp³-hybridized carbons (Fsp3) is 0.769. The molecule has 0 spiro atoms. The van der Waals surface area contributed by atoms with Crippen LogP contribution in [0.4, 0.5) is 0 Å². The molecule has 1 saturated heterocycles. The number of rotatable bonds is 4. The molecule has 0 aromatic carbocycles. The molecule has 4 heteroatoms. The lowest BCUT2D eigenvalue weighted by Crippen LogP contribution is -2.57. The molecule has 0 aromatic rings. The van der Waals surface area contributed by atoms with Gasteiger partial charge in [0.05, 0.1) is 0 Å². The number of likely N-dealkylation sites (N-methyl/N-ethyl adjacent to an activating group) is 1. The van der Waals surface area contributed by atoms with Crippen LogP contribution >= 0.6 is 0 Å². The van der Waals surface area contributed by atoms with Crippen molar-refractivity contribution in [3.63, 3.8) is 0 Å². The van der Waals surface area contributed by atoms with Crippen molar-refractivity contribution in [2.75, 3.05) is 33.2 Å². The zero-order chi connectivity index (χ0) is 13.1. The highest BCUT2D eigenvalue weighted by molar-refractivity contribution is 5.86. The smallest absolute Gasteiger partial charge is 0.331 e. The van der Waals surface area contributed by atoms with Crippen LogP contribution in [0.2, 0.25) is 0 Å². The van der Waals surface area contributed by atoms with E-state index in [1.807, 2.05) is 13.0 Å². The van der Waals surface area contributed by atoms with E-state index >= 15 is 0 Å². The Morgan fingerprint density at radius 3 is 2.53 bits per heavy atom. The summed E-state index contributed by atoms with van der Waals surface area (Å²) in [4.78, 5) is 15.6. The second-order valence-electron chi connectivity index (χ2n) is 5.36. The molecule has 17 heavy (non-hydrogen) atoms. The maximum atomic E-state index is 10.9. The molecule has 0 atom stereocenters. The Labute approximate surface area is 104 Å². The molecule has 0 unspecified atom stereocenters. The summed E-state index contributed by atoms with van der Waals surface area (Å²) < 4.78 is 0. The van der Waals surface area contributed by atoms with Gasteiger partial charge in [-0.1, -0.05) is 13.0 Å².